The lowest BCUT2D eigenvalue weighted by molar-refractivity contribution is -0.150. The number of aliphatic carboxylic acids is 1. The summed E-state index contributed by atoms with van der Waals surface area (Å²) in [5.41, 5.74) is -1.46. The van der Waals surface area contributed by atoms with E-state index < -0.39 is 11.5 Å². The third kappa shape index (κ3) is 3.33. The van der Waals surface area contributed by atoms with Gasteiger partial charge in [0, 0.05) is 5.41 Å². The summed E-state index contributed by atoms with van der Waals surface area (Å²) in [6, 6.07) is 0. The summed E-state index contributed by atoms with van der Waals surface area (Å²) in [6.07, 6.45) is 5.60. The number of carbonyl (C=O) groups excluding carboxylic acids is 1. The van der Waals surface area contributed by atoms with E-state index in [4.69, 9.17) is 0 Å². The molecule has 1 fully saturated rings. The zero-order valence-electron chi connectivity index (χ0n) is 13.3. The van der Waals surface area contributed by atoms with Gasteiger partial charge in [-0.15, -0.1) is 0 Å². The first-order chi connectivity index (χ1) is 9.32. The lowest BCUT2D eigenvalue weighted by Gasteiger charge is -2.35. The molecule has 0 heterocycles. The van der Waals surface area contributed by atoms with Gasteiger partial charge >= 0.3 is 5.97 Å². The van der Waals surface area contributed by atoms with Gasteiger partial charge in [-0.3, -0.25) is 4.79 Å². The number of rotatable bonds is 7. The fourth-order valence-electron chi connectivity index (χ4n) is 3.49. The zero-order valence-corrected chi connectivity index (χ0v) is 13.3. The van der Waals surface area contributed by atoms with E-state index in [2.05, 4.69) is 19.2 Å². The van der Waals surface area contributed by atoms with Gasteiger partial charge in [-0.1, -0.05) is 40.5 Å². The Morgan fingerprint density at radius 2 is 1.70 bits per heavy atom. The SMILES string of the molecule is CCC(CC)(NC(=O)C1(CC(C)C)CCCC1)C(=O)O. The van der Waals surface area contributed by atoms with Gasteiger partial charge < -0.3 is 10.4 Å². The Hall–Kier alpha value is -1.06. The maximum atomic E-state index is 12.8. The van der Waals surface area contributed by atoms with Crippen molar-refractivity contribution in [1.29, 1.82) is 0 Å². The van der Waals surface area contributed by atoms with Crippen LogP contribution >= 0.6 is 0 Å². The second-order valence-corrected chi connectivity index (χ2v) is 6.63. The first-order valence-electron chi connectivity index (χ1n) is 7.88. The molecule has 0 atom stereocenters. The van der Waals surface area contributed by atoms with E-state index in [-0.39, 0.29) is 11.3 Å². The van der Waals surface area contributed by atoms with Crippen LogP contribution in [-0.2, 0) is 9.59 Å². The minimum Gasteiger partial charge on any atom is -0.480 e. The molecule has 0 spiro atoms. The van der Waals surface area contributed by atoms with Crippen LogP contribution in [0.4, 0.5) is 0 Å². The minimum atomic E-state index is -1.11. The molecule has 0 bridgehead atoms. The van der Waals surface area contributed by atoms with Crippen LogP contribution in [-0.4, -0.2) is 22.5 Å². The highest BCUT2D eigenvalue weighted by atomic mass is 16.4. The Morgan fingerprint density at radius 1 is 1.20 bits per heavy atom. The highest BCUT2D eigenvalue weighted by molar-refractivity contribution is 5.90. The Kier molecular flexibility index (Phi) is 5.60. The van der Waals surface area contributed by atoms with Crippen molar-refractivity contribution in [3.8, 4) is 0 Å². The maximum absolute atomic E-state index is 12.8. The van der Waals surface area contributed by atoms with E-state index in [9.17, 15) is 14.7 Å². The molecule has 0 aromatic rings. The van der Waals surface area contributed by atoms with E-state index >= 15 is 0 Å². The summed E-state index contributed by atoms with van der Waals surface area (Å²) in [6.45, 7) is 7.89. The average molecular weight is 283 g/mol. The number of carbonyl (C=O) groups is 2. The van der Waals surface area contributed by atoms with Crippen LogP contribution in [0.3, 0.4) is 0 Å². The van der Waals surface area contributed by atoms with Gasteiger partial charge in [-0.05, 0) is 38.0 Å². The molecule has 1 saturated carbocycles. The molecular weight excluding hydrogens is 254 g/mol. The second kappa shape index (κ2) is 6.59. The van der Waals surface area contributed by atoms with E-state index in [0.717, 1.165) is 32.1 Å². The summed E-state index contributed by atoms with van der Waals surface area (Å²) in [5, 5.41) is 12.3. The Balaban J connectivity index is 2.93. The van der Waals surface area contributed by atoms with Crippen LogP contribution in [0.25, 0.3) is 0 Å². The van der Waals surface area contributed by atoms with Crippen molar-refractivity contribution in [2.24, 2.45) is 11.3 Å². The maximum Gasteiger partial charge on any atom is 0.329 e. The third-order valence-electron chi connectivity index (χ3n) is 4.81. The highest BCUT2D eigenvalue weighted by Crippen LogP contribution is 2.44. The van der Waals surface area contributed by atoms with Crippen LogP contribution < -0.4 is 5.32 Å². The molecule has 116 valence electrons. The smallest absolute Gasteiger partial charge is 0.329 e. The summed E-state index contributed by atoms with van der Waals surface area (Å²) in [4.78, 5) is 24.3. The van der Waals surface area contributed by atoms with Crippen molar-refractivity contribution in [1.82, 2.24) is 5.32 Å². The van der Waals surface area contributed by atoms with E-state index in [1.54, 1.807) is 0 Å². The molecule has 0 unspecified atom stereocenters. The summed E-state index contributed by atoms with van der Waals surface area (Å²) in [7, 11) is 0. The monoisotopic (exact) mass is 283 g/mol. The van der Waals surface area contributed by atoms with Gasteiger partial charge in [-0.2, -0.15) is 0 Å². The van der Waals surface area contributed by atoms with Crippen molar-refractivity contribution in [2.45, 2.75) is 78.2 Å². The van der Waals surface area contributed by atoms with Gasteiger partial charge in [0.2, 0.25) is 5.91 Å². The number of carboxylic acids is 1. The molecule has 0 saturated heterocycles. The fraction of sp³-hybridized carbons (Fsp3) is 0.875. The van der Waals surface area contributed by atoms with E-state index in [1.807, 2.05) is 13.8 Å². The normalized spacial score (nSPS) is 18.2. The Bertz CT molecular complexity index is 353. The summed E-state index contributed by atoms with van der Waals surface area (Å²) < 4.78 is 0. The predicted molar refractivity (Wildman–Crippen MR) is 79.4 cm³/mol. The van der Waals surface area contributed by atoms with Crippen molar-refractivity contribution in [3.63, 3.8) is 0 Å². The second-order valence-electron chi connectivity index (χ2n) is 6.63. The molecule has 0 aliphatic heterocycles. The Morgan fingerprint density at radius 3 is 2.05 bits per heavy atom. The molecule has 1 aliphatic carbocycles. The fourth-order valence-corrected chi connectivity index (χ4v) is 3.49. The molecule has 20 heavy (non-hydrogen) atoms. The van der Waals surface area contributed by atoms with Gasteiger partial charge in [0.05, 0.1) is 0 Å². The van der Waals surface area contributed by atoms with Gasteiger partial charge in [-0.25, -0.2) is 4.79 Å². The first-order valence-corrected chi connectivity index (χ1v) is 7.88. The van der Waals surface area contributed by atoms with Crippen LogP contribution in [0.5, 0.6) is 0 Å². The van der Waals surface area contributed by atoms with Crippen LogP contribution in [0, 0.1) is 11.3 Å². The van der Waals surface area contributed by atoms with Crippen molar-refractivity contribution in [2.75, 3.05) is 0 Å². The largest absolute Gasteiger partial charge is 0.480 e. The lowest BCUT2D eigenvalue weighted by atomic mass is 9.76. The number of nitrogens with one attached hydrogen (secondary N) is 1. The number of hydrogen-bond donors (Lipinski definition) is 2. The molecule has 1 aliphatic rings. The first kappa shape index (κ1) is 17.0. The number of carboxylic acid groups (broad SMARTS) is 1. The molecular formula is C16H29NO3. The van der Waals surface area contributed by atoms with Crippen LogP contribution in [0.2, 0.25) is 0 Å². The average Bonchev–Trinajstić information content (AvgIpc) is 2.84. The van der Waals surface area contributed by atoms with Gasteiger partial charge in [0.15, 0.2) is 0 Å². The molecule has 0 radical (unpaired) electrons. The third-order valence-corrected chi connectivity index (χ3v) is 4.81. The van der Waals surface area contributed by atoms with Crippen LogP contribution in [0.15, 0.2) is 0 Å². The predicted octanol–water partition coefficient (Wildman–Crippen LogP) is 3.35. The molecule has 0 aromatic heterocycles. The zero-order chi connectivity index (χ0) is 15.4. The quantitative estimate of drug-likeness (QED) is 0.753. The summed E-state index contributed by atoms with van der Waals surface area (Å²) >= 11 is 0. The van der Waals surface area contributed by atoms with Crippen molar-refractivity contribution < 1.29 is 14.7 Å². The van der Waals surface area contributed by atoms with E-state index in [0.29, 0.717) is 18.8 Å². The molecule has 4 heteroatoms. The minimum absolute atomic E-state index is 0.0465. The van der Waals surface area contributed by atoms with Crippen LogP contribution in [0.1, 0.15) is 72.6 Å². The molecule has 1 amide bonds. The highest BCUT2D eigenvalue weighted by Gasteiger charge is 2.46. The van der Waals surface area contributed by atoms with Gasteiger partial charge in [0.1, 0.15) is 5.54 Å². The Labute approximate surface area is 122 Å². The molecule has 2 N–H and O–H groups in total. The standard InChI is InChI=1S/C16H29NO3/c1-5-16(6-2,14(19)20)17-13(18)15(11-12(3)4)9-7-8-10-15/h12H,5-11H2,1-4H3,(H,17,18)(H,19,20). The number of amides is 1. The molecule has 4 nitrogen and oxygen atoms in total. The summed E-state index contributed by atoms with van der Waals surface area (Å²) in [5.74, 6) is -0.523. The van der Waals surface area contributed by atoms with E-state index in [1.165, 1.54) is 0 Å². The molecule has 0 aromatic carbocycles. The van der Waals surface area contributed by atoms with Crippen molar-refractivity contribution >= 4 is 11.9 Å². The van der Waals surface area contributed by atoms with Gasteiger partial charge in [0.25, 0.3) is 0 Å². The molecule has 1 rings (SSSR count). The topological polar surface area (TPSA) is 66.4 Å². The van der Waals surface area contributed by atoms with Crippen molar-refractivity contribution in [3.05, 3.63) is 0 Å². The lowest BCUT2D eigenvalue weighted by Crippen LogP contribution is -2.57. The number of hydrogen-bond acceptors (Lipinski definition) is 2.